The van der Waals surface area contributed by atoms with Gasteiger partial charge in [-0.05, 0) is 6.42 Å². The molecule has 1 aromatic rings. The van der Waals surface area contributed by atoms with E-state index in [2.05, 4.69) is 0 Å². The van der Waals surface area contributed by atoms with Crippen LogP contribution in [0.3, 0.4) is 0 Å². The summed E-state index contributed by atoms with van der Waals surface area (Å²) in [6.45, 7) is 2.21. The highest BCUT2D eigenvalue weighted by atomic mass is 31.2. The highest BCUT2D eigenvalue weighted by Crippen LogP contribution is 2.63. The first-order chi connectivity index (χ1) is 10.9. The van der Waals surface area contributed by atoms with E-state index < -0.39 is 43.7 Å². The van der Waals surface area contributed by atoms with E-state index in [0.717, 1.165) is 10.8 Å². The molecule has 23 heavy (non-hydrogen) atoms. The summed E-state index contributed by atoms with van der Waals surface area (Å²) in [5, 5.41) is 0. The summed E-state index contributed by atoms with van der Waals surface area (Å²) in [4.78, 5) is 34.9. The van der Waals surface area contributed by atoms with E-state index in [4.69, 9.17) is 18.3 Å². The van der Waals surface area contributed by atoms with E-state index in [1.165, 1.54) is 0 Å². The second-order valence-corrected chi connectivity index (χ2v) is 6.91. The topological polar surface area (TPSA) is 112 Å². The predicted molar refractivity (Wildman–Crippen MR) is 76.0 cm³/mol. The van der Waals surface area contributed by atoms with Crippen molar-refractivity contribution in [3.05, 3.63) is 32.9 Å². The Bertz CT molecular complexity index is 695. The maximum Gasteiger partial charge on any atom is 0.573 e. The van der Waals surface area contributed by atoms with Crippen LogP contribution in [0.5, 0.6) is 0 Å². The Labute approximate surface area is 130 Å². The van der Waals surface area contributed by atoms with Crippen LogP contribution >= 0.6 is 8.17 Å². The molecule has 3 rings (SSSR count). The Kier molecular flexibility index (Phi) is 4.63. The first-order valence-electron chi connectivity index (χ1n) is 7.17. The Hall–Kier alpha value is -1.16. The minimum atomic E-state index is -3.40. The standard InChI is InChI=1S/C12H16FN2O7P/c1-2-3-19-23(18)20-6-9-8(22-23)4-10(21-9)15-5-7(13)11(16)14-12(15)17/h5,8-10,18H,2-4,6H2,1H3/p+1/t8-,9+,10+,23?/m0/s1. The van der Waals surface area contributed by atoms with Gasteiger partial charge in [0.05, 0.1) is 12.8 Å². The third-order valence-electron chi connectivity index (χ3n) is 3.54. The van der Waals surface area contributed by atoms with Gasteiger partial charge in [0.15, 0.2) is 0 Å². The summed E-state index contributed by atoms with van der Waals surface area (Å²) in [5.74, 6) is -1.09. The number of fused-ring (bicyclic) bond motifs is 1. The zero-order valence-corrected chi connectivity index (χ0v) is 13.2. The molecule has 1 aromatic heterocycles. The van der Waals surface area contributed by atoms with Gasteiger partial charge in [-0.3, -0.25) is 14.3 Å². The molecule has 0 saturated carbocycles. The molecule has 0 radical (unpaired) electrons. The largest absolute Gasteiger partial charge is 0.573 e. The summed E-state index contributed by atoms with van der Waals surface area (Å²) >= 11 is 0. The van der Waals surface area contributed by atoms with Gasteiger partial charge in [0.25, 0.3) is 5.56 Å². The summed E-state index contributed by atoms with van der Waals surface area (Å²) in [6, 6.07) is 0. The Balaban J connectivity index is 1.75. The van der Waals surface area contributed by atoms with Gasteiger partial charge in [-0.1, -0.05) is 6.92 Å². The highest BCUT2D eigenvalue weighted by molar-refractivity contribution is 7.55. The maximum atomic E-state index is 13.4. The van der Waals surface area contributed by atoms with Gasteiger partial charge < -0.3 is 4.74 Å². The molecule has 0 amide bonds. The molecule has 4 atom stereocenters. The lowest BCUT2D eigenvalue weighted by Gasteiger charge is -2.26. The van der Waals surface area contributed by atoms with E-state index in [9.17, 15) is 18.9 Å². The van der Waals surface area contributed by atoms with E-state index in [0.29, 0.717) is 6.42 Å². The van der Waals surface area contributed by atoms with Crippen LogP contribution in [0.4, 0.5) is 4.39 Å². The molecule has 0 aromatic carbocycles. The van der Waals surface area contributed by atoms with Crippen LogP contribution in [0, 0.1) is 5.82 Å². The fourth-order valence-corrected chi connectivity index (χ4v) is 3.96. The monoisotopic (exact) mass is 351 g/mol. The number of aromatic amines is 1. The fraction of sp³-hybridized carbons (Fsp3) is 0.667. The Morgan fingerprint density at radius 3 is 3.04 bits per heavy atom. The van der Waals surface area contributed by atoms with Crippen molar-refractivity contribution in [1.82, 2.24) is 9.55 Å². The molecule has 3 heterocycles. The van der Waals surface area contributed by atoms with Crippen LogP contribution in [0.2, 0.25) is 0 Å². The molecular weight excluding hydrogens is 334 g/mol. The van der Waals surface area contributed by atoms with Crippen LogP contribution in [0.1, 0.15) is 26.0 Å². The highest BCUT2D eigenvalue weighted by Gasteiger charge is 2.57. The number of nitrogens with zero attached hydrogens (tertiary/aromatic N) is 1. The zero-order valence-electron chi connectivity index (χ0n) is 12.3. The molecule has 11 heteroatoms. The van der Waals surface area contributed by atoms with Crippen molar-refractivity contribution < 1.29 is 27.6 Å². The molecule has 9 nitrogen and oxygen atoms in total. The average Bonchev–Trinajstić information content (AvgIpc) is 2.91. The lowest BCUT2D eigenvalue weighted by Crippen LogP contribution is -2.35. The van der Waals surface area contributed by atoms with E-state index in [-0.39, 0.29) is 19.6 Å². The molecular formula is C12H17FN2O7P+. The number of hydrogen-bond acceptors (Lipinski definition) is 7. The number of halogens is 1. The molecule has 1 unspecified atom stereocenters. The number of hydrogen-bond donors (Lipinski definition) is 2. The first-order valence-corrected chi connectivity index (χ1v) is 8.67. The van der Waals surface area contributed by atoms with Crippen LogP contribution in [-0.2, 0) is 18.3 Å². The van der Waals surface area contributed by atoms with Crippen molar-refractivity contribution in [1.29, 1.82) is 0 Å². The summed E-state index contributed by atoms with van der Waals surface area (Å²) in [6.07, 6.45) is -0.229. The Morgan fingerprint density at radius 2 is 2.30 bits per heavy atom. The van der Waals surface area contributed by atoms with Gasteiger partial charge in [-0.15, -0.1) is 4.52 Å². The van der Waals surface area contributed by atoms with Crippen molar-refractivity contribution >= 4 is 8.17 Å². The molecule has 0 spiro atoms. The average molecular weight is 351 g/mol. The van der Waals surface area contributed by atoms with E-state index >= 15 is 0 Å². The van der Waals surface area contributed by atoms with Gasteiger partial charge in [0.2, 0.25) is 5.82 Å². The van der Waals surface area contributed by atoms with Crippen LogP contribution in [-0.4, -0.2) is 39.9 Å². The SMILES string of the molecule is CCCO[P+]1(O)OC[C@H]2O[C@@H](n3cc(F)c(=O)[nH]c3=O)C[C@@H]2O1. The van der Waals surface area contributed by atoms with Crippen LogP contribution < -0.4 is 11.2 Å². The lowest BCUT2D eigenvalue weighted by atomic mass is 10.2. The summed E-state index contributed by atoms with van der Waals surface area (Å²) < 4.78 is 35.8. The van der Waals surface area contributed by atoms with Gasteiger partial charge in [-0.25, -0.2) is 4.79 Å². The second-order valence-electron chi connectivity index (χ2n) is 5.25. The molecule has 0 bridgehead atoms. The second kappa shape index (κ2) is 6.39. The van der Waals surface area contributed by atoms with Gasteiger partial charge >= 0.3 is 13.9 Å². The molecule has 2 aliphatic rings. The Morgan fingerprint density at radius 1 is 1.52 bits per heavy atom. The van der Waals surface area contributed by atoms with Crippen molar-refractivity contribution in [2.45, 2.75) is 38.2 Å². The van der Waals surface area contributed by atoms with Crippen LogP contribution in [0.15, 0.2) is 15.8 Å². The predicted octanol–water partition coefficient (Wildman–Crippen LogP) is 0.475. The first kappa shape index (κ1) is 16.7. The number of ether oxygens (including phenoxy) is 1. The van der Waals surface area contributed by atoms with E-state index in [1.54, 1.807) is 0 Å². The number of nitrogens with one attached hydrogen (secondary N) is 1. The number of H-pyrrole nitrogens is 1. The fourth-order valence-electron chi connectivity index (χ4n) is 2.45. The summed E-state index contributed by atoms with van der Waals surface area (Å²) in [7, 11) is -3.40. The lowest BCUT2D eigenvalue weighted by molar-refractivity contribution is -0.0818. The van der Waals surface area contributed by atoms with Crippen molar-refractivity contribution in [3.63, 3.8) is 0 Å². The molecule has 0 aliphatic carbocycles. The quantitative estimate of drug-likeness (QED) is 0.759. The minimum absolute atomic E-state index is 0.0374. The molecule has 2 saturated heterocycles. The van der Waals surface area contributed by atoms with Gasteiger partial charge in [-0.2, -0.15) is 18.3 Å². The van der Waals surface area contributed by atoms with Crippen molar-refractivity contribution in [2.75, 3.05) is 13.2 Å². The van der Waals surface area contributed by atoms with Gasteiger partial charge in [0.1, 0.15) is 25.0 Å². The summed E-state index contributed by atoms with van der Waals surface area (Å²) in [5.41, 5.74) is -1.87. The molecule has 2 aliphatic heterocycles. The zero-order chi connectivity index (χ0) is 16.6. The normalized spacial score (nSPS) is 33.6. The van der Waals surface area contributed by atoms with Crippen molar-refractivity contribution in [3.8, 4) is 0 Å². The number of rotatable bonds is 4. The maximum absolute atomic E-state index is 13.4. The smallest absolute Gasteiger partial charge is 0.349 e. The van der Waals surface area contributed by atoms with Gasteiger partial charge in [0, 0.05) is 6.42 Å². The van der Waals surface area contributed by atoms with Crippen molar-refractivity contribution in [2.24, 2.45) is 0 Å². The minimum Gasteiger partial charge on any atom is -0.349 e. The number of aromatic nitrogens is 2. The molecule has 2 fully saturated rings. The third-order valence-corrected chi connectivity index (χ3v) is 5.07. The molecule has 128 valence electrons. The third kappa shape index (κ3) is 3.37. The molecule has 2 N–H and O–H groups in total. The van der Waals surface area contributed by atoms with Crippen LogP contribution in [0.25, 0.3) is 0 Å². The van der Waals surface area contributed by atoms with E-state index in [1.807, 2.05) is 11.9 Å².